The molecule has 0 bridgehead atoms. The van der Waals surface area contributed by atoms with E-state index in [1.165, 1.54) is 6.08 Å². The summed E-state index contributed by atoms with van der Waals surface area (Å²) in [5, 5.41) is 9.59. The largest absolute Gasteiger partial charge is 0.507 e. The third kappa shape index (κ3) is 1.53. The Morgan fingerprint density at radius 1 is 1.56 bits per heavy atom. The van der Waals surface area contributed by atoms with Gasteiger partial charge in [-0.05, 0) is 12.2 Å². The quantitative estimate of drug-likeness (QED) is 0.549. The maximum absolute atomic E-state index is 8.91. The zero-order chi connectivity index (χ0) is 6.85. The van der Waals surface area contributed by atoms with E-state index in [0.29, 0.717) is 16.3 Å². The molecule has 1 N–H and O–H groups in total. The van der Waals surface area contributed by atoms with Crippen LogP contribution >= 0.6 is 23.8 Å². The zero-order valence-corrected chi connectivity index (χ0v) is 6.17. The number of allylic oxidation sites excluding steroid dienone is 4. The van der Waals surface area contributed by atoms with Gasteiger partial charge in [-0.1, -0.05) is 23.8 Å². The Bertz CT molecular complexity index is 205. The van der Waals surface area contributed by atoms with Gasteiger partial charge in [0.2, 0.25) is 0 Å². The van der Waals surface area contributed by atoms with Crippen LogP contribution in [0.3, 0.4) is 0 Å². The van der Waals surface area contributed by atoms with E-state index in [0.717, 1.165) is 0 Å². The molecular weight excluding hydrogens is 156 g/mol. The highest BCUT2D eigenvalue weighted by molar-refractivity contribution is 7.80. The molecule has 1 rings (SSSR count). The van der Waals surface area contributed by atoms with Gasteiger partial charge in [0.05, 0.1) is 4.86 Å². The van der Waals surface area contributed by atoms with E-state index in [-0.39, 0.29) is 5.76 Å². The Morgan fingerprint density at radius 3 is 2.67 bits per heavy atom. The first-order chi connectivity index (χ1) is 4.20. The van der Waals surface area contributed by atoms with Gasteiger partial charge in [0.15, 0.2) is 0 Å². The number of aliphatic hydroxyl groups excluding tert-OH is 1. The molecule has 1 aliphatic rings. The lowest BCUT2D eigenvalue weighted by atomic mass is 10.1. The number of aliphatic hydroxyl groups is 1. The minimum absolute atomic E-state index is 0.161. The van der Waals surface area contributed by atoms with Crippen LogP contribution in [0.2, 0.25) is 0 Å². The summed E-state index contributed by atoms with van der Waals surface area (Å²) >= 11 is 10.4. The van der Waals surface area contributed by atoms with Crippen molar-refractivity contribution in [2.45, 2.75) is 6.42 Å². The van der Waals surface area contributed by atoms with Crippen LogP contribution in [0.15, 0.2) is 22.9 Å². The van der Waals surface area contributed by atoms with Crippen molar-refractivity contribution in [2.24, 2.45) is 0 Å². The molecule has 0 aromatic heterocycles. The molecule has 0 spiro atoms. The van der Waals surface area contributed by atoms with E-state index >= 15 is 0 Å². The molecule has 0 atom stereocenters. The van der Waals surface area contributed by atoms with E-state index in [2.05, 4.69) is 0 Å². The number of rotatable bonds is 0. The second kappa shape index (κ2) is 2.50. The molecule has 0 aliphatic heterocycles. The molecule has 48 valence electrons. The monoisotopic (exact) mass is 160 g/mol. The van der Waals surface area contributed by atoms with Crippen molar-refractivity contribution in [3.05, 3.63) is 22.9 Å². The number of hydrogen-bond acceptors (Lipinski definition) is 2. The lowest BCUT2D eigenvalue weighted by molar-refractivity contribution is 0.443. The molecule has 0 saturated heterocycles. The van der Waals surface area contributed by atoms with Crippen molar-refractivity contribution in [3.63, 3.8) is 0 Å². The molecule has 0 aromatic rings. The highest BCUT2D eigenvalue weighted by atomic mass is 35.5. The molecule has 0 fully saturated rings. The lowest BCUT2D eigenvalue weighted by Gasteiger charge is -2.04. The summed E-state index contributed by atoms with van der Waals surface area (Å²) in [6, 6.07) is 0. The van der Waals surface area contributed by atoms with Crippen LogP contribution in [-0.2, 0) is 0 Å². The second-order valence-electron chi connectivity index (χ2n) is 1.77. The molecule has 0 saturated carbocycles. The summed E-state index contributed by atoms with van der Waals surface area (Å²) in [6.45, 7) is 0. The smallest absolute Gasteiger partial charge is 0.129 e. The van der Waals surface area contributed by atoms with E-state index in [1.807, 2.05) is 0 Å². The van der Waals surface area contributed by atoms with E-state index in [9.17, 15) is 0 Å². The fourth-order valence-corrected chi connectivity index (χ4v) is 1.06. The summed E-state index contributed by atoms with van der Waals surface area (Å²) in [5.41, 5.74) is 0. The fourth-order valence-electron chi connectivity index (χ4n) is 0.565. The van der Waals surface area contributed by atoms with E-state index < -0.39 is 0 Å². The summed E-state index contributed by atoms with van der Waals surface area (Å²) in [5.74, 6) is 0.161. The standard InChI is InChI=1S/C6H5ClOS/c7-4-1-2-5(8)6(9)3-4/h1-2,8H,3H2. The van der Waals surface area contributed by atoms with Crippen molar-refractivity contribution in [2.75, 3.05) is 0 Å². The first kappa shape index (κ1) is 6.78. The number of halogens is 1. The summed E-state index contributed by atoms with van der Waals surface area (Å²) in [6.07, 6.45) is 3.65. The van der Waals surface area contributed by atoms with E-state index in [4.69, 9.17) is 28.9 Å². The first-order valence-electron chi connectivity index (χ1n) is 2.48. The van der Waals surface area contributed by atoms with Crippen molar-refractivity contribution in [1.82, 2.24) is 0 Å². The topological polar surface area (TPSA) is 20.2 Å². The molecule has 0 aromatic carbocycles. The summed E-state index contributed by atoms with van der Waals surface area (Å²) in [4.78, 5) is 0.516. The van der Waals surface area contributed by atoms with Gasteiger partial charge < -0.3 is 5.11 Å². The Kier molecular flexibility index (Phi) is 1.88. The van der Waals surface area contributed by atoms with Gasteiger partial charge >= 0.3 is 0 Å². The van der Waals surface area contributed by atoms with Crippen LogP contribution < -0.4 is 0 Å². The number of thiocarbonyl (C=S) groups is 1. The zero-order valence-electron chi connectivity index (χ0n) is 4.60. The van der Waals surface area contributed by atoms with Crippen molar-refractivity contribution >= 4 is 28.7 Å². The predicted molar refractivity (Wildman–Crippen MR) is 41.9 cm³/mol. The van der Waals surface area contributed by atoms with Crippen LogP contribution in [0.1, 0.15) is 6.42 Å². The van der Waals surface area contributed by atoms with Gasteiger partial charge in [0.1, 0.15) is 5.76 Å². The maximum atomic E-state index is 8.91. The van der Waals surface area contributed by atoms with Crippen LogP contribution in [0.25, 0.3) is 0 Å². The molecule has 1 nitrogen and oxygen atoms in total. The Labute approximate surface area is 63.6 Å². The molecule has 0 heterocycles. The van der Waals surface area contributed by atoms with Crippen LogP contribution in [0.4, 0.5) is 0 Å². The van der Waals surface area contributed by atoms with Crippen LogP contribution in [-0.4, -0.2) is 9.97 Å². The van der Waals surface area contributed by atoms with Crippen molar-refractivity contribution < 1.29 is 5.11 Å². The molecule has 0 amide bonds. The Morgan fingerprint density at radius 2 is 2.22 bits per heavy atom. The Hall–Kier alpha value is -0.340. The third-order valence-corrected chi connectivity index (χ3v) is 1.65. The second-order valence-corrected chi connectivity index (χ2v) is 2.74. The minimum Gasteiger partial charge on any atom is -0.507 e. The van der Waals surface area contributed by atoms with Gasteiger partial charge in [0, 0.05) is 11.5 Å². The minimum atomic E-state index is 0.161. The summed E-state index contributed by atoms with van der Waals surface area (Å²) < 4.78 is 0. The summed E-state index contributed by atoms with van der Waals surface area (Å²) in [7, 11) is 0. The highest BCUT2D eigenvalue weighted by Crippen LogP contribution is 2.17. The average molecular weight is 161 g/mol. The molecule has 0 unspecified atom stereocenters. The average Bonchev–Trinajstić information content (AvgIpc) is 1.80. The number of hydrogen-bond donors (Lipinski definition) is 1. The molecule has 9 heavy (non-hydrogen) atoms. The predicted octanol–water partition coefficient (Wildman–Crippen LogP) is 2.32. The fraction of sp³-hybridized carbons (Fsp3) is 0.167. The SMILES string of the molecule is OC1=CC=C(Cl)CC1=S. The van der Waals surface area contributed by atoms with Gasteiger partial charge in [-0.25, -0.2) is 0 Å². The Balaban J connectivity index is 2.86. The van der Waals surface area contributed by atoms with E-state index in [1.54, 1.807) is 6.08 Å². The molecular formula is C6H5ClOS. The maximum Gasteiger partial charge on any atom is 0.129 e. The lowest BCUT2D eigenvalue weighted by Crippen LogP contribution is -2.01. The van der Waals surface area contributed by atoms with Crippen molar-refractivity contribution in [3.8, 4) is 0 Å². The highest BCUT2D eigenvalue weighted by Gasteiger charge is 2.07. The molecule has 1 aliphatic carbocycles. The molecule has 0 radical (unpaired) electrons. The van der Waals surface area contributed by atoms with Gasteiger partial charge in [-0.15, -0.1) is 0 Å². The van der Waals surface area contributed by atoms with Gasteiger partial charge in [-0.2, -0.15) is 0 Å². The van der Waals surface area contributed by atoms with Crippen LogP contribution in [0.5, 0.6) is 0 Å². The van der Waals surface area contributed by atoms with Gasteiger partial charge in [0.25, 0.3) is 0 Å². The van der Waals surface area contributed by atoms with Crippen LogP contribution in [0, 0.1) is 0 Å². The molecule has 3 heteroatoms. The van der Waals surface area contributed by atoms with Gasteiger partial charge in [-0.3, -0.25) is 0 Å². The first-order valence-corrected chi connectivity index (χ1v) is 3.27. The van der Waals surface area contributed by atoms with Crippen molar-refractivity contribution in [1.29, 1.82) is 0 Å². The third-order valence-electron chi connectivity index (χ3n) is 1.04. The normalized spacial score (nSPS) is 19.0.